The number of para-hydroxylation sites is 1. The van der Waals surface area contributed by atoms with Crippen LogP contribution in [-0.2, 0) is 24.1 Å². The molecule has 1 heterocycles. The number of rotatable bonds is 9. The molecule has 6 nitrogen and oxygen atoms in total. The van der Waals surface area contributed by atoms with E-state index in [1.165, 1.54) is 23.9 Å². The van der Waals surface area contributed by atoms with Gasteiger partial charge in [0.1, 0.15) is 12.4 Å². The zero-order chi connectivity index (χ0) is 23.1. The molecule has 0 aliphatic heterocycles. The molecule has 0 saturated heterocycles. The maximum absolute atomic E-state index is 12.9. The van der Waals surface area contributed by atoms with Gasteiger partial charge in [-0.1, -0.05) is 42.1 Å². The second kappa shape index (κ2) is 10.4. The van der Waals surface area contributed by atoms with E-state index < -0.39 is 11.7 Å². The number of allylic oxidation sites excluding steroid dienone is 1. The normalized spacial score (nSPS) is 11.2. The lowest BCUT2D eigenvalue weighted by atomic mass is 10.2. The summed E-state index contributed by atoms with van der Waals surface area (Å²) in [6, 6.07) is 12.1. The summed E-state index contributed by atoms with van der Waals surface area (Å²) in [4.78, 5) is 12.3. The molecule has 3 rings (SSSR count). The lowest BCUT2D eigenvalue weighted by molar-refractivity contribution is -0.137. The summed E-state index contributed by atoms with van der Waals surface area (Å²) in [6.45, 7) is 5.88. The summed E-state index contributed by atoms with van der Waals surface area (Å²) in [5.74, 6) is 0.390. The van der Waals surface area contributed by atoms with Crippen LogP contribution in [-0.4, -0.2) is 26.4 Å². The predicted molar refractivity (Wildman–Crippen MR) is 117 cm³/mol. The number of nitrogens with zero attached hydrogens (tertiary/aromatic N) is 3. The maximum atomic E-state index is 12.9. The van der Waals surface area contributed by atoms with Crippen molar-refractivity contribution in [2.45, 2.75) is 31.4 Å². The fraction of sp³-hybridized carbons (Fsp3) is 0.227. The molecule has 1 aromatic heterocycles. The van der Waals surface area contributed by atoms with Crippen LogP contribution < -0.4 is 10.1 Å². The third kappa shape index (κ3) is 6.13. The van der Waals surface area contributed by atoms with Gasteiger partial charge in [-0.3, -0.25) is 9.36 Å². The van der Waals surface area contributed by atoms with Gasteiger partial charge in [-0.2, -0.15) is 13.2 Å². The fourth-order valence-electron chi connectivity index (χ4n) is 2.78. The van der Waals surface area contributed by atoms with E-state index in [2.05, 4.69) is 22.1 Å². The quantitative estimate of drug-likeness (QED) is 0.354. The lowest BCUT2D eigenvalue weighted by Crippen LogP contribution is -2.15. The van der Waals surface area contributed by atoms with Gasteiger partial charge in [-0.05, 0) is 36.8 Å². The van der Waals surface area contributed by atoms with Crippen LogP contribution in [0.25, 0.3) is 0 Å². The molecule has 0 saturated carbocycles. The largest absolute Gasteiger partial charge is 0.486 e. The molecule has 32 heavy (non-hydrogen) atoms. The number of benzene rings is 2. The van der Waals surface area contributed by atoms with Gasteiger partial charge in [0.25, 0.3) is 0 Å². The van der Waals surface area contributed by atoms with Gasteiger partial charge in [-0.15, -0.1) is 16.8 Å². The molecule has 0 unspecified atom stereocenters. The Morgan fingerprint density at radius 1 is 1.22 bits per heavy atom. The Balaban J connectivity index is 1.64. The third-order valence-corrected chi connectivity index (χ3v) is 5.35. The van der Waals surface area contributed by atoms with Gasteiger partial charge in [0.05, 0.1) is 11.3 Å². The first kappa shape index (κ1) is 23.4. The van der Waals surface area contributed by atoms with E-state index in [1.807, 2.05) is 31.2 Å². The standard InChI is InChI=1S/C22H21F3N4O2S/c1-3-11-29-19(13-31-17-9-6-8-16(12-17)22(23,24)25)27-28-21(29)32-14-20(30)26-18-10-5-4-7-15(18)2/h3-10,12H,1,11,13-14H2,2H3,(H,26,30). The number of nitrogens with one attached hydrogen (secondary N) is 1. The molecule has 1 amide bonds. The van der Waals surface area contributed by atoms with E-state index in [1.54, 1.807) is 10.6 Å². The van der Waals surface area contributed by atoms with Crippen molar-refractivity contribution in [1.29, 1.82) is 0 Å². The Hall–Kier alpha value is -3.27. The minimum absolute atomic E-state index is 0.0692. The number of thioether (sulfide) groups is 1. The molecule has 0 bridgehead atoms. The number of aryl methyl sites for hydroxylation is 1. The summed E-state index contributed by atoms with van der Waals surface area (Å²) < 4.78 is 45.8. The minimum atomic E-state index is -4.45. The van der Waals surface area contributed by atoms with Crippen LogP contribution in [0.3, 0.4) is 0 Å². The van der Waals surface area contributed by atoms with Gasteiger partial charge in [0.15, 0.2) is 11.0 Å². The van der Waals surface area contributed by atoms with Crippen LogP contribution in [0.5, 0.6) is 5.75 Å². The summed E-state index contributed by atoms with van der Waals surface area (Å²) in [7, 11) is 0. The SMILES string of the molecule is C=CCn1c(COc2cccc(C(F)(F)F)c2)nnc1SCC(=O)Nc1ccccc1C. The van der Waals surface area contributed by atoms with Gasteiger partial charge >= 0.3 is 6.18 Å². The van der Waals surface area contributed by atoms with E-state index in [0.29, 0.717) is 17.5 Å². The van der Waals surface area contributed by atoms with Crippen LogP contribution in [0.4, 0.5) is 18.9 Å². The van der Waals surface area contributed by atoms with Crippen molar-refractivity contribution in [1.82, 2.24) is 14.8 Å². The molecule has 0 aliphatic rings. The first-order valence-electron chi connectivity index (χ1n) is 9.59. The predicted octanol–water partition coefficient (Wildman–Crippen LogP) is 5.10. The van der Waals surface area contributed by atoms with Crippen molar-refractivity contribution in [3.63, 3.8) is 0 Å². The first-order chi connectivity index (χ1) is 15.3. The molecule has 3 aromatic rings. The van der Waals surface area contributed by atoms with E-state index >= 15 is 0 Å². The first-order valence-corrected chi connectivity index (χ1v) is 10.6. The number of ether oxygens (including phenoxy) is 1. The van der Waals surface area contributed by atoms with E-state index in [0.717, 1.165) is 23.4 Å². The summed E-state index contributed by atoms with van der Waals surface area (Å²) >= 11 is 1.19. The molecule has 0 fully saturated rings. The maximum Gasteiger partial charge on any atom is 0.416 e. The highest BCUT2D eigenvalue weighted by Crippen LogP contribution is 2.31. The van der Waals surface area contributed by atoms with Crippen molar-refractivity contribution in [2.24, 2.45) is 0 Å². The molecule has 2 aromatic carbocycles. The number of hydrogen-bond donors (Lipinski definition) is 1. The van der Waals surface area contributed by atoms with Gasteiger partial charge in [0, 0.05) is 12.2 Å². The summed E-state index contributed by atoms with van der Waals surface area (Å²) in [5.41, 5.74) is 0.897. The van der Waals surface area contributed by atoms with Crippen molar-refractivity contribution < 1.29 is 22.7 Å². The van der Waals surface area contributed by atoms with E-state index in [-0.39, 0.29) is 24.0 Å². The fourth-order valence-corrected chi connectivity index (χ4v) is 3.55. The Labute approximate surface area is 187 Å². The van der Waals surface area contributed by atoms with Crippen LogP contribution in [0, 0.1) is 6.92 Å². The highest BCUT2D eigenvalue weighted by atomic mass is 32.2. The van der Waals surface area contributed by atoms with Crippen molar-refractivity contribution in [3.8, 4) is 5.75 Å². The highest BCUT2D eigenvalue weighted by molar-refractivity contribution is 7.99. The number of alkyl halides is 3. The van der Waals surface area contributed by atoms with Crippen LogP contribution >= 0.6 is 11.8 Å². The zero-order valence-electron chi connectivity index (χ0n) is 17.2. The summed E-state index contributed by atoms with van der Waals surface area (Å²) in [6.07, 6.45) is -2.82. The second-order valence-corrected chi connectivity index (χ2v) is 7.71. The molecule has 0 radical (unpaired) electrons. The average molecular weight is 462 g/mol. The Morgan fingerprint density at radius 2 is 2.00 bits per heavy atom. The van der Waals surface area contributed by atoms with Gasteiger partial charge < -0.3 is 10.1 Å². The molecule has 0 spiro atoms. The zero-order valence-corrected chi connectivity index (χ0v) is 18.0. The van der Waals surface area contributed by atoms with Gasteiger partial charge in [-0.25, -0.2) is 0 Å². The molecule has 0 atom stereocenters. The Bertz CT molecular complexity index is 1100. The minimum Gasteiger partial charge on any atom is -0.486 e. The molecule has 1 N–H and O–H groups in total. The van der Waals surface area contributed by atoms with Gasteiger partial charge in [0.2, 0.25) is 5.91 Å². The monoisotopic (exact) mass is 462 g/mol. The number of aromatic nitrogens is 3. The van der Waals surface area contributed by atoms with Crippen LogP contribution in [0.15, 0.2) is 66.3 Å². The second-order valence-electron chi connectivity index (χ2n) is 6.76. The Kier molecular flexibility index (Phi) is 7.57. The van der Waals surface area contributed by atoms with E-state index in [4.69, 9.17) is 4.74 Å². The molecular weight excluding hydrogens is 441 g/mol. The molecule has 0 aliphatic carbocycles. The molecular formula is C22H21F3N4O2S. The van der Waals surface area contributed by atoms with Crippen LogP contribution in [0.1, 0.15) is 17.0 Å². The summed E-state index contributed by atoms with van der Waals surface area (Å²) in [5, 5.41) is 11.5. The number of amides is 1. The van der Waals surface area contributed by atoms with Crippen molar-refractivity contribution >= 4 is 23.4 Å². The van der Waals surface area contributed by atoms with Crippen molar-refractivity contribution in [2.75, 3.05) is 11.1 Å². The number of anilines is 1. The number of hydrogen-bond acceptors (Lipinski definition) is 5. The highest BCUT2D eigenvalue weighted by Gasteiger charge is 2.30. The van der Waals surface area contributed by atoms with Crippen molar-refractivity contribution in [3.05, 3.63) is 78.1 Å². The van der Waals surface area contributed by atoms with Crippen LogP contribution in [0.2, 0.25) is 0 Å². The number of carbonyl (C=O) groups is 1. The smallest absolute Gasteiger partial charge is 0.416 e. The number of halogens is 3. The third-order valence-electron chi connectivity index (χ3n) is 4.39. The Morgan fingerprint density at radius 3 is 2.72 bits per heavy atom. The molecule has 10 heteroatoms. The average Bonchev–Trinajstić information content (AvgIpc) is 3.14. The lowest BCUT2D eigenvalue weighted by Gasteiger charge is -2.11. The number of carbonyl (C=O) groups excluding carboxylic acids is 1. The topological polar surface area (TPSA) is 69.0 Å². The molecule has 168 valence electrons. The van der Waals surface area contributed by atoms with E-state index in [9.17, 15) is 18.0 Å².